The van der Waals surface area contributed by atoms with Gasteiger partial charge in [-0.05, 0) is 44.4 Å². The summed E-state index contributed by atoms with van der Waals surface area (Å²) in [6.07, 6.45) is 2.85. The summed E-state index contributed by atoms with van der Waals surface area (Å²) in [6.45, 7) is 1.34. The van der Waals surface area contributed by atoms with Crippen molar-refractivity contribution in [2.45, 2.75) is 32.6 Å². The molecule has 7 nitrogen and oxygen atoms in total. The number of unbranched alkanes of at least 4 members (excludes halogenated alkanes) is 2. The van der Waals surface area contributed by atoms with Crippen LogP contribution >= 0.6 is 0 Å². The Morgan fingerprint density at radius 2 is 1.78 bits per heavy atom. The van der Waals surface area contributed by atoms with Crippen LogP contribution in [-0.4, -0.2) is 41.1 Å². The van der Waals surface area contributed by atoms with Gasteiger partial charge >= 0.3 is 11.9 Å². The van der Waals surface area contributed by atoms with E-state index in [2.05, 4.69) is 0 Å². The highest BCUT2D eigenvalue weighted by atomic mass is 16.5. The van der Waals surface area contributed by atoms with Gasteiger partial charge in [-0.3, -0.25) is 0 Å². The number of benzene rings is 1. The first-order chi connectivity index (χ1) is 10.9. The predicted octanol–water partition coefficient (Wildman–Crippen LogP) is 2.38. The molecule has 7 heteroatoms. The van der Waals surface area contributed by atoms with E-state index in [0.717, 1.165) is 12.8 Å². The molecule has 0 radical (unpaired) electrons. The number of carboxylic acid groups (broad SMARTS) is 2. The third-order valence-corrected chi connectivity index (χ3v) is 2.97. The number of Topliss-reactive ketones (excluding diaryl/α,β-unsaturated/α-hetero) is 1. The van der Waals surface area contributed by atoms with Gasteiger partial charge in [-0.25, -0.2) is 9.59 Å². The van der Waals surface area contributed by atoms with E-state index in [1.54, 1.807) is 6.92 Å². The van der Waals surface area contributed by atoms with Gasteiger partial charge in [0.2, 0.25) is 0 Å². The number of aliphatic carboxylic acids is 1. The number of hydrogen-bond acceptors (Lipinski definition) is 5. The van der Waals surface area contributed by atoms with Gasteiger partial charge in [0, 0.05) is 6.42 Å². The Morgan fingerprint density at radius 1 is 1.04 bits per heavy atom. The highest BCUT2D eigenvalue weighted by molar-refractivity contribution is 5.91. The molecular formula is C16H20O7. The van der Waals surface area contributed by atoms with E-state index in [-0.39, 0.29) is 22.8 Å². The summed E-state index contributed by atoms with van der Waals surface area (Å²) in [5.74, 6) is -1.83. The third-order valence-electron chi connectivity index (χ3n) is 2.97. The van der Waals surface area contributed by atoms with Gasteiger partial charge < -0.3 is 24.5 Å². The minimum atomic E-state index is -1.18. The molecule has 0 bridgehead atoms. The minimum absolute atomic E-state index is 0.0865. The lowest BCUT2D eigenvalue weighted by molar-refractivity contribution is -0.139. The molecule has 0 aliphatic rings. The topological polar surface area (TPSA) is 110 Å². The van der Waals surface area contributed by atoms with Crippen LogP contribution in [0.5, 0.6) is 11.5 Å². The molecule has 0 saturated carbocycles. The monoisotopic (exact) mass is 324 g/mol. The Bertz CT molecular complexity index is 566. The molecule has 1 aromatic rings. The number of aromatic carboxylic acids is 1. The average molecular weight is 324 g/mol. The van der Waals surface area contributed by atoms with Crippen LogP contribution in [0.3, 0.4) is 0 Å². The van der Waals surface area contributed by atoms with E-state index in [9.17, 15) is 19.5 Å². The maximum atomic E-state index is 11.2. The van der Waals surface area contributed by atoms with E-state index >= 15 is 0 Å². The van der Waals surface area contributed by atoms with Crippen molar-refractivity contribution in [3.63, 3.8) is 0 Å². The van der Waals surface area contributed by atoms with Crippen LogP contribution in [0, 0.1) is 0 Å². The fourth-order valence-electron chi connectivity index (χ4n) is 1.87. The molecule has 0 saturated heterocycles. The largest absolute Gasteiger partial charge is 0.493 e. The normalized spacial score (nSPS) is 10.1. The Hall–Kier alpha value is -2.57. The number of carbonyl (C=O) groups excluding carboxylic acids is 1. The number of ether oxygens (including phenoxy) is 2. The summed E-state index contributed by atoms with van der Waals surface area (Å²) in [4.78, 5) is 32.5. The molecule has 0 amide bonds. The van der Waals surface area contributed by atoms with Gasteiger partial charge in [0.05, 0.1) is 6.61 Å². The van der Waals surface area contributed by atoms with Crippen LogP contribution in [0.4, 0.5) is 0 Å². The van der Waals surface area contributed by atoms with Crippen LogP contribution in [0.15, 0.2) is 18.2 Å². The van der Waals surface area contributed by atoms with Crippen LogP contribution < -0.4 is 9.47 Å². The molecule has 0 fully saturated rings. The van der Waals surface area contributed by atoms with Crippen LogP contribution in [0.2, 0.25) is 0 Å². The van der Waals surface area contributed by atoms with Gasteiger partial charge in [-0.2, -0.15) is 0 Å². The van der Waals surface area contributed by atoms with E-state index in [4.69, 9.17) is 14.6 Å². The smallest absolute Gasteiger partial charge is 0.341 e. The van der Waals surface area contributed by atoms with E-state index in [1.165, 1.54) is 18.2 Å². The number of ketones is 1. The Balaban J connectivity index is 2.55. The number of carbonyl (C=O) groups is 3. The van der Waals surface area contributed by atoms with Gasteiger partial charge in [0.1, 0.15) is 22.8 Å². The quantitative estimate of drug-likeness (QED) is 0.601. The molecule has 0 spiro atoms. The number of rotatable bonds is 11. The predicted molar refractivity (Wildman–Crippen MR) is 81.2 cm³/mol. The van der Waals surface area contributed by atoms with Crippen LogP contribution in [0.1, 0.15) is 43.0 Å². The van der Waals surface area contributed by atoms with Crippen LogP contribution in [-0.2, 0) is 9.59 Å². The molecule has 0 unspecified atom stereocenters. The Labute approximate surface area is 133 Å². The minimum Gasteiger partial charge on any atom is -0.493 e. The first kappa shape index (κ1) is 18.5. The first-order valence-electron chi connectivity index (χ1n) is 7.24. The van der Waals surface area contributed by atoms with Crippen molar-refractivity contribution in [3.05, 3.63) is 23.8 Å². The molecule has 0 aliphatic heterocycles. The van der Waals surface area contributed by atoms with Gasteiger partial charge in [-0.1, -0.05) is 0 Å². The SMILES string of the molecule is CC(=O)CCCCCOc1ccc(OCC(=O)O)cc1C(=O)O. The van der Waals surface area contributed by atoms with Crippen molar-refractivity contribution in [1.82, 2.24) is 0 Å². The zero-order valence-electron chi connectivity index (χ0n) is 12.9. The highest BCUT2D eigenvalue weighted by Gasteiger charge is 2.13. The zero-order chi connectivity index (χ0) is 17.2. The van der Waals surface area contributed by atoms with E-state index < -0.39 is 18.5 Å². The zero-order valence-corrected chi connectivity index (χ0v) is 12.9. The molecule has 23 heavy (non-hydrogen) atoms. The summed E-state index contributed by atoms with van der Waals surface area (Å²) in [5.41, 5.74) is -0.0865. The molecule has 1 aromatic carbocycles. The molecule has 0 aromatic heterocycles. The highest BCUT2D eigenvalue weighted by Crippen LogP contribution is 2.24. The molecule has 0 heterocycles. The lowest BCUT2D eigenvalue weighted by Gasteiger charge is -2.11. The standard InChI is InChI=1S/C16H20O7/c1-11(17)5-3-2-4-8-22-14-7-6-12(23-10-15(18)19)9-13(14)16(20)21/h6-7,9H,2-5,8,10H2,1H3,(H,18,19)(H,20,21). The van der Waals surface area contributed by atoms with Crippen molar-refractivity contribution >= 4 is 17.7 Å². The lowest BCUT2D eigenvalue weighted by atomic mass is 10.1. The van der Waals surface area contributed by atoms with Crippen molar-refractivity contribution < 1.29 is 34.1 Å². The summed E-state index contributed by atoms with van der Waals surface area (Å²) in [5, 5.41) is 17.7. The number of hydrogen-bond donors (Lipinski definition) is 2. The van der Waals surface area contributed by atoms with Gasteiger partial charge in [0.25, 0.3) is 0 Å². The molecule has 1 rings (SSSR count). The first-order valence-corrected chi connectivity index (χ1v) is 7.24. The maximum absolute atomic E-state index is 11.2. The summed E-state index contributed by atoms with van der Waals surface area (Å²) >= 11 is 0. The van der Waals surface area contributed by atoms with Crippen molar-refractivity contribution in [2.24, 2.45) is 0 Å². The Kier molecular flexibility index (Phi) is 7.59. The van der Waals surface area contributed by atoms with Crippen LogP contribution in [0.25, 0.3) is 0 Å². The molecule has 2 N–H and O–H groups in total. The van der Waals surface area contributed by atoms with Crippen molar-refractivity contribution in [1.29, 1.82) is 0 Å². The Morgan fingerprint density at radius 3 is 2.39 bits per heavy atom. The molecule has 126 valence electrons. The number of carboxylic acids is 2. The fourth-order valence-corrected chi connectivity index (χ4v) is 1.87. The second-order valence-electron chi connectivity index (χ2n) is 5.01. The van der Waals surface area contributed by atoms with E-state index in [1.807, 2.05) is 0 Å². The second kappa shape index (κ2) is 9.45. The third kappa shape index (κ3) is 7.30. The van der Waals surface area contributed by atoms with Crippen molar-refractivity contribution in [2.75, 3.05) is 13.2 Å². The summed E-state index contributed by atoms with van der Waals surface area (Å²) < 4.78 is 10.4. The van der Waals surface area contributed by atoms with Gasteiger partial charge in [-0.15, -0.1) is 0 Å². The molecule has 0 aliphatic carbocycles. The molecule has 0 atom stereocenters. The average Bonchev–Trinajstić information content (AvgIpc) is 2.48. The maximum Gasteiger partial charge on any atom is 0.341 e. The van der Waals surface area contributed by atoms with E-state index in [0.29, 0.717) is 19.4 Å². The molecular weight excluding hydrogens is 304 g/mol. The van der Waals surface area contributed by atoms with Crippen molar-refractivity contribution in [3.8, 4) is 11.5 Å². The summed E-state index contributed by atoms with van der Waals surface area (Å²) in [6, 6.07) is 4.13. The fraction of sp³-hybridized carbons (Fsp3) is 0.438. The lowest BCUT2D eigenvalue weighted by Crippen LogP contribution is -2.10. The second-order valence-corrected chi connectivity index (χ2v) is 5.01. The summed E-state index contributed by atoms with van der Waals surface area (Å²) in [7, 11) is 0. The van der Waals surface area contributed by atoms with Gasteiger partial charge in [0.15, 0.2) is 6.61 Å².